The summed E-state index contributed by atoms with van der Waals surface area (Å²) in [4.78, 5) is 29.8. The fraction of sp³-hybridized carbons (Fsp3) is 0.182. The van der Waals surface area contributed by atoms with Crippen molar-refractivity contribution in [2.75, 3.05) is 5.32 Å². The van der Waals surface area contributed by atoms with Crippen LogP contribution in [0.25, 0.3) is 21.5 Å². The molecule has 6 nitrogen and oxygen atoms in total. The summed E-state index contributed by atoms with van der Waals surface area (Å²) in [6.07, 6.45) is 1.42. The van der Waals surface area contributed by atoms with Crippen molar-refractivity contribution in [1.82, 2.24) is 13.9 Å². The average molecular weight is 404 g/mol. The van der Waals surface area contributed by atoms with Gasteiger partial charge in [0.25, 0.3) is 5.56 Å². The number of rotatable bonds is 4. The summed E-state index contributed by atoms with van der Waals surface area (Å²) in [5.74, 6) is -0.273. The number of aryl methyl sites for hydroxylation is 3. The van der Waals surface area contributed by atoms with Gasteiger partial charge in [-0.25, -0.2) is 4.98 Å². The molecule has 1 amide bonds. The van der Waals surface area contributed by atoms with E-state index in [2.05, 4.69) is 14.7 Å². The third-order valence-corrected chi connectivity index (χ3v) is 5.58. The molecule has 7 heteroatoms. The predicted octanol–water partition coefficient (Wildman–Crippen LogP) is 4.08. The van der Waals surface area contributed by atoms with Crippen molar-refractivity contribution >= 4 is 33.3 Å². The van der Waals surface area contributed by atoms with Gasteiger partial charge in [0, 0.05) is 11.3 Å². The van der Waals surface area contributed by atoms with Gasteiger partial charge in [0.05, 0.1) is 6.33 Å². The van der Waals surface area contributed by atoms with E-state index in [0.29, 0.717) is 15.9 Å². The topological polar surface area (TPSA) is 76.9 Å². The van der Waals surface area contributed by atoms with Crippen molar-refractivity contribution < 1.29 is 4.79 Å². The second kappa shape index (κ2) is 7.60. The van der Waals surface area contributed by atoms with Gasteiger partial charge in [-0.2, -0.15) is 4.37 Å². The third-order valence-electron chi connectivity index (χ3n) is 4.76. The highest BCUT2D eigenvalue weighted by atomic mass is 32.1. The Morgan fingerprint density at radius 2 is 1.79 bits per heavy atom. The normalized spacial score (nSPS) is 11.0. The third kappa shape index (κ3) is 3.82. The van der Waals surface area contributed by atoms with Gasteiger partial charge in [-0.3, -0.25) is 14.2 Å². The molecule has 1 N–H and O–H groups in total. The molecule has 29 heavy (non-hydrogen) atoms. The first kappa shape index (κ1) is 19.0. The Hall–Kier alpha value is -3.32. The van der Waals surface area contributed by atoms with Crippen LogP contribution in [0.5, 0.6) is 0 Å². The van der Waals surface area contributed by atoms with Crippen LogP contribution in [0.2, 0.25) is 0 Å². The number of nitrogens with one attached hydrogen (secondary N) is 1. The summed E-state index contributed by atoms with van der Waals surface area (Å²) in [7, 11) is 0. The minimum atomic E-state index is -0.273. The van der Waals surface area contributed by atoms with Crippen molar-refractivity contribution in [3.05, 3.63) is 75.8 Å². The number of carbonyl (C=O) groups excluding carboxylic acids is 1. The van der Waals surface area contributed by atoms with Crippen LogP contribution in [0.3, 0.4) is 0 Å². The van der Waals surface area contributed by atoms with Crippen LogP contribution in [-0.4, -0.2) is 19.8 Å². The Balaban J connectivity index is 1.61. The van der Waals surface area contributed by atoms with Gasteiger partial charge >= 0.3 is 0 Å². The molecule has 0 spiro atoms. The van der Waals surface area contributed by atoms with Crippen molar-refractivity contribution in [3.8, 4) is 11.3 Å². The number of carbonyl (C=O) groups is 1. The van der Waals surface area contributed by atoms with E-state index in [1.165, 1.54) is 10.9 Å². The molecule has 0 bridgehead atoms. The van der Waals surface area contributed by atoms with Gasteiger partial charge in [0.15, 0.2) is 0 Å². The fourth-order valence-corrected chi connectivity index (χ4v) is 3.89. The van der Waals surface area contributed by atoms with Crippen molar-refractivity contribution in [1.29, 1.82) is 0 Å². The molecule has 0 fully saturated rings. The summed E-state index contributed by atoms with van der Waals surface area (Å²) in [5.41, 5.74) is 5.83. The van der Waals surface area contributed by atoms with E-state index in [0.717, 1.165) is 39.5 Å². The molecule has 4 rings (SSSR count). The summed E-state index contributed by atoms with van der Waals surface area (Å²) in [5, 5.41) is 2.87. The van der Waals surface area contributed by atoms with E-state index in [1.54, 1.807) is 0 Å². The number of benzene rings is 2. The molecule has 2 aromatic heterocycles. The molecule has 0 unspecified atom stereocenters. The number of amides is 1. The highest BCUT2D eigenvalue weighted by Gasteiger charge is 2.16. The lowest BCUT2D eigenvalue weighted by Gasteiger charge is -2.10. The maximum absolute atomic E-state index is 12.8. The first-order chi connectivity index (χ1) is 13.9. The second-order valence-corrected chi connectivity index (χ2v) is 7.89. The Labute approximate surface area is 172 Å². The minimum Gasteiger partial charge on any atom is -0.324 e. The molecule has 0 saturated carbocycles. The van der Waals surface area contributed by atoms with Gasteiger partial charge in [-0.15, -0.1) is 0 Å². The maximum Gasteiger partial charge on any atom is 0.273 e. The van der Waals surface area contributed by atoms with Crippen LogP contribution in [0.1, 0.15) is 16.7 Å². The molecular weight excluding hydrogens is 384 g/mol. The lowest BCUT2D eigenvalue weighted by atomic mass is 10.1. The summed E-state index contributed by atoms with van der Waals surface area (Å²) >= 11 is 1.11. The Bertz CT molecular complexity index is 1270. The summed E-state index contributed by atoms with van der Waals surface area (Å²) < 4.78 is 6.20. The lowest BCUT2D eigenvalue weighted by Crippen LogP contribution is -2.27. The zero-order chi connectivity index (χ0) is 20.5. The van der Waals surface area contributed by atoms with Gasteiger partial charge in [0.2, 0.25) is 5.91 Å². The molecule has 0 aliphatic heterocycles. The van der Waals surface area contributed by atoms with Gasteiger partial charge in [0.1, 0.15) is 22.5 Å². The van der Waals surface area contributed by atoms with Crippen LogP contribution in [0, 0.1) is 20.8 Å². The monoisotopic (exact) mass is 404 g/mol. The lowest BCUT2D eigenvalue weighted by molar-refractivity contribution is -0.116. The molecule has 0 radical (unpaired) electrons. The van der Waals surface area contributed by atoms with E-state index in [4.69, 9.17) is 0 Å². The number of fused-ring (bicyclic) bond motifs is 1. The molecule has 2 heterocycles. The SMILES string of the molecule is Cc1ccc(-c2nsc3c(=O)n(CC(=O)Nc4cc(C)ccc4C)cnc23)cc1. The number of anilines is 1. The molecular formula is C22H20N4O2S. The molecule has 2 aromatic carbocycles. The van der Waals surface area contributed by atoms with Crippen LogP contribution in [0.15, 0.2) is 53.6 Å². The van der Waals surface area contributed by atoms with Crippen LogP contribution >= 0.6 is 11.5 Å². The van der Waals surface area contributed by atoms with E-state index in [1.807, 2.05) is 63.2 Å². The maximum atomic E-state index is 12.8. The standard InChI is InChI=1S/C22H20N4O2S/c1-13-5-8-16(9-6-13)19-20-21(29-25-19)22(28)26(12-23-20)11-18(27)24-17-10-14(2)4-7-15(17)3/h4-10,12H,11H2,1-3H3,(H,24,27). The highest BCUT2D eigenvalue weighted by Crippen LogP contribution is 2.27. The first-order valence-electron chi connectivity index (χ1n) is 9.21. The second-order valence-electron chi connectivity index (χ2n) is 7.12. The van der Waals surface area contributed by atoms with Crippen molar-refractivity contribution in [2.24, 2.45) is 0 Å². The van der Waals surface area contributed by atoms with Gasteiger partial charge in [-0.05, 0) is 49.5 Å². The summed E-state index contributed by atoms with van der Waals surface area (Å²) in [6, 6.07) is 13.8. The van der Waals surface area contributed by atoms with Gasteiger partial charge < -0.3 is 5.32 Å². The molecule has 0 aliphatic carbocycles. The Morgan fingerprint density at radius 3 is 2.55 bits per heavy atom. The first-order valence-corrected chi connectivity index (χ1v) is 9.98. The van der Waals surface area contributed by atoms with E-state index in [9.17, 15) is 9.59 Å². The zero-order valence-electron chi connectivity index (χ0n) is 16.4. The zero-order valence-corrected chi connectivity index (χ0v) is 17.2. The fourth-order valence-electron chi connectivity index (χ4n) is 3.08. The molecule has 0 atom stereocenters. The number of hydrogen-bond donors (Lipinski definition) is 1. The Kier molecular flexibility index (Phi) is 4.98. The molecule has 0 aliphatic rings. The number of nitrogens with zero attached hydrogens (tertiary/aromatic N) is 3. The van der Waals surface area contributed by atoms with Crippen molar-refractivity contribution in [2.45, 2.75) is 27.3 Å². The molecule has 146 valence electrons. The molecule has 0 saturated heterocycles. The molecule has 4 aromatic rings. The van der Waals surface area contributed by atoms with E-state index in [-0.39, 0.29) is 18.0 Å². The number of aromatic nitrogens is 3. The Morgan fingerprint density at radius 1 is 1.07 bits per heavy atom. The van der Waals surface area contributed by atoms with E-state index >= 15 is 0 Å². The smallest absolute Gasteiger partial charge is 0.273 e. The highest BCUT2D eigenvalue weighted by molar-refractivity contribution is 7.13. The minimum absolute atomic E-state index is 0.104. The summed E-state index contributed by atoms with van der Waals surface area (Å²) in [6.45, 7) is 5.81. The predicted molar refractivity (Wildman–Crippen MR) is 116 cm³/mol. The van der Waals surface area contributed by atoms with Crippen LogP contribution in [-0.2, 0) is 11.3 Å². The number of hydrogen-bond acceptors (Lipinski definition) is 5. The largest absolute Gasteiger partial charge is 0.324 e. The van der Waals surface area contributed by atoms with Crippen molar-refractivity contribution in [3.63, 3.8) is 0 Å². The quantitative estimate of drug-likeness (QED) is 0.556. The van der Waals surface area contributed by atoms with Gasteiger partial charge in [-0.1, -0.05) is 42.0 Å². The van der Waals surface area contributed by atoms with Crippen LogP contribution < -0.4 is 10.9 Å². The van der Waals surface area contributed by atoms with E-state index < -0.39 is 0 Å². The average Bonchev–Trinajstić information content (AvgIpc) is 3.12. The van der Waals surface area contributed by atoms with Crippen LogP contribution in [0.4, 0.5) is 5.69 Å².